The van der Waals surface area contributed by atoms with E-state index in [0.717, 1.165) is 0 Å². The number of amidine groups is 1. The van der Waals surface area contributed by atoms with Crippen LogP contribution in [-0.4, -0.2) is 74.6 Å². The van der Waals surface area contributed by atoms with Gasteiger partial charge in [0.15, 0.2) is 0 Å². The molecule has 162 valence electrons. The average Bonchev–Trinajstić information content (AvgIpc) is 2.39. The van der Waals surface area contributed by atoms with E-state index < -0.39 is 25.5 Å². The fourth-order valence-corrected chi connectivity index (χ4v) is 1.21. The summed E-state index contributed by atoms with van der Waals surface area (Å²) in [4.78, 5) is 30.0. The SMILES string of the molecule is CCOC(=O)C(=NOC(N(C)C)=[N+](C)C)C(=O)OCC.F[P-](F)(F)(F)(F)F. The van der Waals surface area contributed by atoms with E-state index in [2.05, 4.69) is 5.16 Å². The molecule has 0 aliphatic rings. The van der Waals surface area contributed by atoms with Gasteiger partial charge in [0, 0.05) is 0 Å². The number of halogens is 6. The summed E-state index contributed by atoms with van der Waals surface area (Å²) in [7, 11) is -3.72. The van der Waals surface area contributed by atoms with Crippen molar-refractivity contribution in [2.45, 2.75) is 13.8 Å². The predicted molar refractivity (Wildman–Crippen MR) is 86.2 cm³/mol. The summed E-state index contributed by atoms with van der Waals surface area (Å²) in [5, 5.41) is 3.55. The van der Waals surface area contributed by atoms with Crippen LogP contribution in [0.15, 0.2) is 5.16 Å². The monoisotopic (exact) mass is 433 g/mol. The third kappa shape index (κ3) is 18.5. The second-order valence-electron chi connectivity index (χ2n) is 5.00. The molecule has 0 N–H and O–H groups in total. The van der Waals surface area contributed by atoms with Crippen LogP contribution >= 0.6 is 7.81 Å². The van der Waals surface area contributed by atoms with Crippen molar-refractivity contribution in [2.75, 3.05) is 41.4 Å². The summed E-state index contributed by atoms with van der Waals surface area (Å²) < 4.78 is 70.3. The van der Waals surface area contributed by atoms with Crippen molar-refractivity contribution in [3.05, 3.63) is 0 Å². The van der Waals surface area contributed by atoms with Crippen LogP contribution in [0.2, 0.25) is 0 Å². The maximum atomic E-state index is 11.6. The third-order valence-corrected chi connectivity index (χ3v) is 1.92. The maximum absolute atomic E-state index is 11.6. The van der Waals surface area contributed by atoms with Crippen LogP contribution < -0.4 is 0 Å². The molecular weight excluding hydrogens is 411 g/mol. The Morgan fingerprint density at radius 1 is 0.926 bits per heavy atom. The van der Waals surface area contributed by atoms with E-state index in [1.165, 1.54) is 0 Å². The molecular formula is C12H22F6N3O5P. The van der Waals surface area contributed by atoms with Gasteiger partial charge in [-0.3, -0.25) is 4.84 Å². The number of nitrogens with zero attached hydrogens (tertiary/aromatic N) is 3. The molecule has 0 aromatic rings. The number of carbonyl (C=O) groups is 2. The Morgan fingerprint density at radius 3 is 1.48 bits per heavy atom. The summed E-state index contributed by atoms with van der Waals surface area (Å²) in [6.45, 7) is 3.49. The fraction of sp³-hybridized carbons (Fsp3) is 0.667. The Hall–Kier alpha value is -2.11. The molecule has 0 unspecified atom stereocenters. The van der Waals surface area contributed by atoms with Gasteiger partial charge >= 0.3 is 51.0 Å². The molecule has 0 amide bonds. The summed E-state index contributed by atoms with van der Waals surface area (Å²) in [5.74, 6) is -1.77. The minimum absolute atomic E-state index is 0.120. The minimum atomic E-state index is -10.7. The Labute approximate surface area is 151 Å². The summed E-state index contributed by atoms with van der Waals surface area (Å²) in [6, 6.07) is 0.344. The Morgan fingerprint density at radius 2 is 1.26 bits per heavy atom. The van der Waals surface area contributed by atoms with E-state index in [1.807, 2.05) is 0 Å². The van der Waals surface area contributed by atoms with Gasteiger partial charge in [0.2, 0.25) is 0 Å². The quantitative estimate of drug-likeness (QED) is 0.0969. The molecule has 0 fully saturated rings. The molecule has 0 rings (SSSR count). The molecule has 0 atom stereocenters. The van der Waals surface area contributed by atoms with Gasteiger partial charge in [-0.2, -0.15) is 0 Å². The Kier molecular flexibility index (Phi) is 9.24. The zero-order valence-electron chi connectivity index (χ0n) is 15.5. The third-order valence-electron chi connectivity index (χ3n) is 1.92. The molecule has 0 spiro atoms. The Bertz CT molecular complexity index is 568. The number of ether oxygens (including phenoxy) is 2. The van der Waals surface area contributed by atoms with Crippen molar-refractivity contribution in [2.24, 2.45) is 5.16 Å². The van der Waals surface area contributed by atoms with Crippen molar-refractivity contribution in [3.63, 3.8) is 0 Å². The van der Waals surface area contributed by atoms with Crippen molar-refractivity contribution in [3.8, 4) is 0 Å². The van der Waals surface area contributed by atoms with E-state index in [0.29, 0.717) is 6.02 Å². The summed E-state index contributed by atoms with van der Waals surface area (Å²) >= 11 is 0. The van der Waals surface area contributed by atoms with Crippen LogP contribution in [0.25, 0.3) is 0 Å². The van der Waals surface area contributed by atoms with Crippen molar-refractivity contribution in [1.29, 1.82) is 0 Å². The van der Waals surface area contributed by atoms with Gasteiger partial charge in [0.25, 0.3) is 5.71 Å². The molecule has 27 heavy (non-hydrogen) atoms. The topological polar surface area (TPSA) is 80.4 Å². The normalized spacial score (nSPS) is 12.9. The van der Waals surface area contributed by atoms with Gasteiger partial charge in [0.05, 0.1) is 41.4 Å². The molecule has 0 saturated heterocycles. The van der Waals surface area contributed by atoms with Crippen LogP contribution in [0.5, 0.6) is 0 Å². The average molecular weight is 433 g/mol. The van der Waals surface area contributed by atoms with E-state index >= 15 is 0 Å². The fourth-order valence-electron chi connectivity index (χ4n) is 1.21. The molecule has 0 saturated carbocycles. The predicted octanol–water partition coefficient (Wildman–Crippen LogP) is 3.06. The number of oxime groups is 1. The van der Waals surface area contributed by atoms with Crippen LogP contribution in [0.3, 0.4) is 0 Å². The number of carbonyl (C=O) groups excluding carboxylic acids is 2. The van der Waals surface area contributed by atoms with Crippen molar-refractivity contribution < 1.29 is 53.7 Å². The summed E-state index contributed by atoms with van der Waals surface area (Å²) in [5.41, 5.74) is -0.532. The molecule has 0 aromatic carbocycles. The van der Waals surface area contributed by atoms with E-state index in [-0.39, 0.29) is 13.2 Å². The zero-order valence-corrected chi connectivity index (χ0v) is 16.4. The van der Waals surface area contributed by atoms with Gasteiger partial charge in [-0.15, -0.1) is 0 Å². The standard InChI is InChI=1S/C12H22N3O5.F6P/c1-7-18-10(16)9(11(17)19-8-2)13-20-12(14(3)4)15(5)6;1-7(2,3,4,5)6/h7-8H2,1-6H3;/q+1;-1. The van der Waals surface area contributed by atoms with Crippen LogP contribution in [-0.2, 0) is 23.9 Å². The van der Waals surface area contributed by atoms with E-state index in [4.69, 9.17) is 14.3 Å². The second-order valence-corrected chi connectivity index (χ2v) is 6.92. The Balaban J connectivity index is 0. The van der Waals surface area contributed by atoms with Gasteiger partial charge in [-0.1, -0.05) is 5.16 Å². The molecule has 0 heterocycles. The van der Waals surface area contributed by atoms with E-state index in [9.17, 15) is 34.8 Å². The molecule has 0 aromatic heterocycles. The number of hydrogen-bond acceptors (Lipinski definition) is 6. The first-order valence-electron chi connectivity index (χ1n) is 7.17. The first-order valence-corrected chi connectivity index (χ1v) is 9.20. The van der Waals surface area contributed by atoms with E-state index in [1.54, 1.807) is 51.5 Å². The molecule has 0 aliphatic heterocycles. The molecule has 0 bridgehead atoms. The summed E-state index contributed by atoms with van der Waals surface area (Å²) in [6.07, 6.45) is 0. The van der Waals surface area contributed by atoms with Crippen LogP contribution in [0.4, 0.5) is 25.2 Å². The first kappa shape index (κ1) is 27.1. The van der Waals surface area contributed by atoms with Crippen molar-refractivity contribution in [1.82, 2.24) is 4.90 Å². The molecule has 0 radical (unpaired) electrons. The van der Waals surface area contributed by atoms with Crippen LogP contribution in [0.1, 0.15) is 13.8 Å². The number of esters is 2. The number of rotatable bonds is 5. The van der Waals surface area contributed by atoms with Gasteiger partial charge in [-0.05, 0) is 13.8 Å². The van der Waals surface area contributed by atoms with Gasteiger partial charge in [-0.25, -0.2) is 19.1 Å². The first-order chi connectivity index (χ1) is 11.8. The van der Waals surface area contributed by atoms with Crippen molar-refractivity contribution >= 4 is 31.5 Å². The second kappa shape index (κ2) is 9.20. The molecule has 15 heteroatoms. The van der Waals surface area contributed by atoms with Crippen LogP contribution in [0, 0.1) is 0 Å². The zero-order chi connectivity index (χ0) is 22.1. The van der Waals surface area contributed by atoms with Gasteiger partial charge in [0.1, 0.15) is 0 Å². The number of hydrogen-bond donors (Lipinski definition) is 0. The van der Waals surface area contributed by atoms with Gasteiger partial charge < -0.3 is 9.47 Å². The molecule has 8 nitrogen and oxygen atoms in total. The molecule has 0 aliphatic carbocycles.